The quantitative estimate of drug-likeness (QED) is 0.383. The summed E-state index contributed by atoms with van der Waals surface area (Å²) >= 11 is 0. The van der Waals surface area contributed by atoms with Crippen LogP contribution in [0.25, 0.3) is 0 Å². The molecular formula is C16H30O. The van der Waals surface area contributed by atoms with E-state index >= 15 is 0 Å². The van der Waals surface area contributed by atoms with E-state index in [2.05, 4.69) is 13.0 Å². The van der Waals surface area contributed by atoms with E-state index in [1.807, 2.05) is 6.26 Å². The van der Waals surface area contributed by atoms with Crippen molar-refractivity contribution in [3.05, 3.63) is 12.3 Å². The van der Waals surface area contributed by atoms with E-state index < -0.39 is 0 Å². The second-order valence-corrected chi connectivity index (χ2v) is 5.38. The lowest BCUT2D eigenvalue weighted by atomic mass is 9.87. The number of unbranched alkanes of at least 4 members (excludes halogenated alkanes) is 4. The SMILES string of the molecule is CCCCCCC=COCCC1CCCCC1. The van der Waals surface area contributed by atoms with Gasteiger partial charge in [0.15, 0.2) is 0 Å². The highest BCUT2D eigenvalue weighted by Crippen LogP contribution is 2.26. The molecule has 1 saturated carbocycles. The summed E-state index contributed by atoms with van der Waals surface area (Å²) in [6.45, 7) is 3.18. The second-order valence-electron chi connectivity index (χ2n) is 5.38. The van der Waals surface area contributed by atoms with Crippen molar-refractivity contribution in [3.63, 3.8) is 0 Å². The summed E-state index contributed by atoms with van der Waals surface area (Å²) in [5, 5.41) is 0. The zero-order valence-electron chi connectivity index (χ0n) is 11.6. The Morgan fingerprint density at radius 2 is 1.88 bits per heavy atom. The third-order valence-corrected chi connectivity index (χ3v) is 3.79. The van der Waals surface area contributed by atoms with Gasteiger partial charge in [-0.05, 0) is 31.3 Å². The first-order valence-electron chi connectivity index (χ1n) is 7.70. The molecular weight excluding hydrogens is 208 g/mol. The molecule has 0 aromatic heterocycles. The normalized spacial score (nSPS) is 17.7. The van der Waals surface area contributed by atoms with Crippen LogP contribution in [0.3, 0.4) is 0 Å². The van der Waals surface area contributed by atoms with Crippen LogP contribution < -0.4 is 0 Å². The molecule has 0 spiro atoms. The topological polar surface area (TPSA) is 9.23 Å². The molecule has 0 atom stereocenters. The zero-order valence-corrected chi connectivity index (χ0v) is 11.6. The molecule has 0 saturated heterocycles. The molecule has 0 aromatic carbocycles. The molecule has 0 aliphatic heterocycles. The first-order valence-corrected chi connectivity index (χ1v) is 7.70. The van der Waals surface area contributed by atoms with Crippen molar-refractivity contribution in [2.24, 2.45) is 5.92 Å². The van der Waals surface area contributed by atoms with Crippen LogP contribution >= 0.6 is 0 Å². The minimum absolute atomic E-state index is 0.927. The third kappa shape index (κ3) is 8.29. The highest BCUT2D eigenvalue weighted by atomic mass is 16.5. The molecule has 0 bridgehead atoms. The Bertz CT molecular complexity index is 180. The monoisotopic (exact) mass is 238 g/mol. The van der Waals surface area contributed by atoms with E-state index in [0.29, 0.717) is 0 Å². The summed E-state index contributed by atoms with van der Waals surface area (Å²) in [5.74, 6) is 0.946. The lowest BCUT2D eigenvalue weighted by Gasteiger charge is -2.20. The third-order valence-electron chi connectivity index (χ3n) is 3.79. The summed E-state index contributed by atoms with van der Waals surface area (Å²) in [6.07, 6.45) is 19.1. The van der Waals surface area contributed by atoms with Gasteiger partial charge in [0.25, 0.3) is 0 Å². The van der Waals surface area contributed by atoms with Gasteiger partial charge in [0, 0.05) is 0 Å². The summed E-state index contributed by atoms with van der Waals surface area (Å²) in [6, 6.07) is 0. The van der Waals surface area contributed by atoms with Gasteiger partial charge in [-0.3, -0.25) is 0 Å². The van der Waals surface area contributed by atoms with Crippen LogP contribution in [0.1, 0.15) is 77.6 Å². The molecule has 1 fully saturated rings. The maximum absolute atomic E-state index is 5.56. The molecule has 1 aliphatic carbocycles. The fraction of sp³-hybridized carbons (Fsp3) is 0.875. The fourth-order valence-corrected chi connectivity index (χ4v) is 2.60. The number of ether oxygens (including phenoxy) is 1. The van der Waals surface area contributed by atoms with Crippen molar-refractivity contribution in [1.29, 1.82) is 0 Å². The molecule has 0 radical (unpaired) electrons. The Morgan fingerprint density at radius 1 is 1.06 bits per heavy atom. The van der Waals surface area contributed by atoms with Gasteiger partial charge in [-0.1, -0.05) is 58.3 Å². The highest BCUT2D eigenvalue weighted by Gasteiger charge is 2.12. The first-order chi connectivity index (χ1) is 8.43. The van der Waals surface area contributed by atoms with Crippen molar-refractivity contribution in [2.75, 3.05) is 6.61 Å². The van der Waals surface area contributed by atoms with Crippen molar-refractivity contribution >= 4 is 0 Å². The summed E-state index contributed by atoms with van der Waals surface area (Å²) < 4.78 is 5.56. The smallest absolute Gasteiger partial charge is 0.0875 e. The van der Waals surface area contributed by atoms with Crippen LogP contribution in [-0.2, 0) is 4.74 Å². The molecule has 0 N–H and O–H groups in total. The molecule has 0 unspecified atom stereocenters. The molecule has 100 valence electrons. The molecule has 1 aliphatic rings. The van der Waals surface area contributed by atoms with E-state index in [9.17, 15) is 0 Å². The Balaban J connectivity index is 1.84. The minimum Gasteiger partial charge on any atom is -0.502 e. The van der Waals surface area contributed by atoms with Crippen LogP contribution in [-0.4, -0.2) is 6.61 Å². The Hall–Kier alpha value is -0.460. The molecule has 0 amide bonds. The largest absolute Gasteiger partial charge is 0.502 e. The van der Waals surface area contributed by atoms with Crippen molar-refractivity contribution in [1.82, 2.24) is 0 Å². The van der Waals surface area contributed by atoms with Crippen molar-refractivity contribution < 1.29 is 4.74 Å². The van der Waals surface area contributed by atoms with Gasteiger partial charge >= 0.3 is 0 Å². The summed E-state index contributed by atoms with van der Waals surface area (Å²) in [7, 11) is 0. The Morgan fingerprint density at radius 3 is 2.65 bits per heavy atom. The van der Waals surface area contributed by atoms with Gasteiger partial charge in [0.2, 0.25) is 0 Å². The van der Waals surface area contributed by atoms with E-state index in [1.54, 1.807) is 0 Å². The summed E-state index contributed by atoms with van der Waals surface area (Å²) in [4.78, 5) is 0. The van der Waals surface area contributed by atoms with Crippen LogP contribution in [0.5, 0.6) is 0 Å². The average molecular weight is 238 g/mol. The van der Waals surface area contributed by atoms with Crippen LogP contribution in [0.2, 0.25) is 0 Å². The van der Waals surface area contributed by atoms with Gasteiger partial charge < -0.3 is 4.74 Å². The molecule has 1 heteroatoms. The zero-order chi connectivity index (χ0) is 12.2. The van der Waals surface area contributed by atoms with Crippen molar-refractivity contribution in [2.45, 2.75) is 77.6 Å². The molecule has 1 nitrogen and oxygen atoms in total. The van der Waals surface area contributed by atoms with Crippen LogP contribution in [0.4, 0.5) is 0 Å². The van der Waals surface area contributed by atoms with Gasteiger partial charge in [-0.25, -0.2) is 0 Å². The first kappa shape index (κ1) is 14.6. The van der Waals surface area contributed by atoms with Crippen LogP contribution in [0.15, 0.2) is 12.3 Å². The molecule has 1 rings (SSSR count). The fourth-order valence-electron chi connectivity index (χ4n) is 2.60. The Labute approximate surface area is 108 Å². The van der Waals surface area contributed by atoms with Crippen molar-refractivity contribution in [3.8, 4) is 0 Å². The predicted octanol–water partition coefficient (Wildman–Crippen LogP) is 5.46. The van der Waals surface area contributed by atoms with Gasteiger partial charge in [0.05, 0.1) is 12.9 Å². The van der Waals surface area contributed by atoms with Gasteiger partial charge in [-0.2, -0.15) is 0 Å². The standard InChI is InChI=1S/C16H30O/c1-2-3-4-5-6-10-14-17-15-13-16-11-8-7-9-12-16/h10,14,16H,2-9,11-13,15H2,1H3. The lowest BCUT2D eigenvalue weighted by Crippen LogP contribution is -2.08. The number of rotatable bonds is 9. The van der Waals surface area contributed by atoms with E-state index in [1.165, 1.54) is 70.6 Å². The number of hydrogen-bond acceptors (Lipinski definition) is 1. The maximum Gasteiger partial charge on any atom is 0.0875 e. The summed E-state index contributed by atoms with van der Waals surface area (Å²) in [5.41, 5.74) is 0. The van der Waals surface area contributed by atoms with Crippen LogP contribution in [0, 0.1) is 5.92 Å². The predicted molar refractivity (Wildman–Crippen MR) is 75.0 cm³/mol. The van der Waals surface area contributed by atoms with E-state index in [-0.39, 0.29) is 0 Å². The average Bonchev–Trinajstić information content (AvgIpc) is 2.38. The minimum atomic E-state index is 0.927. The second kappa shape index (κ2) is 10.7. The molecule has 0 aromatic rings. The van der Waals surface area contributed by atoms with Gasteiger partial charge in [-0.15, -0.1) is 0 Å². The van der Waals surface area contributed by atoms with E-state index in [0.717, 1.165) is 12.5 Å². The Kier molecular flexibility index (Phi) is 9.17. The molecule has 17 heavy (non-hydrogen) atoms. The number of hydrogen-bond donors (Lipinski definition) is 0. The maximum atomic E-state index is 5.56. The highest BCUT2D eigenvalue weighted by molar-refractivity contribution is 4.73. The van der Waals surface area contributed by atoms with Gasteiger partial charge in [0.1, 0.15) is 0 Å². The van der Waals surface area contributed by atoms with E-state index in [4.69, 9.17) is 4.74 Å². The number of allylic oxidation sites excluding steroid dienone is 1. The lowest BCUT2D eigenvalue weighted by molar-refractivity contribution is 0.202. The molecule has 0 heterocycles.